The summed E-state index contributed by atoms with van der Waals surface area (Å²) < 4.78 is 32.3. The molecule has 1 aromatic carbocycles. The number of rotatable bonds is 3. The smallest absolute Gasteiger partial charge is 0.336 e. The molecule has 0 atom stereocenters. The van der Waals surface area contributed by atoms with Crippen molar-refractivity contribution in [3.05, 3.63) is 63.1 Å². The first-order valence-corrected chi connectivity index (χ1v) is 10.6. The summed E-state index contributed by atoms with van der Waals surface area (Å²) >= 11 is 1.38. The fourth-order valence-electron chi connectivity index (χ4n) is 3.05. The molecule has 1 aliphatic rings. The van der Waals surface area contributed by atoms with Gasteiger partial charge in [0.1, 0.15) is 5.58 Å². The zero-order valence-electron chi connectivity index (χ0n) is 14.2. The molecular weight excluding hydrogens is 388 g/mol. The molecule has 0 spiro atoms. The molecule has 3 aromatic rings. The Bertz CT molecular complexity index is 1140. The number of thiophene rings is 1. The molecular formula is C18H16N2O5S2. The van der Waals surface area contributed by atoms with Crippen molar-refractivity contribution in [1.29, 1.82) is 0 Å². The van der Waals surface area contributed by atoms with Crippen LogP contribution >= 0.6 is 11.3 Å². The molecule has 1 saturated heterocycles. The van der Waals surface area contributed by atoms with E-state index in [0.29, 0.717) is 28.9 Å². The van der Waals surface area contributed by atoms with Crippen molar-refractivity contribution in [2.75, 3.05) is 26.2 Å². The van der Waals surface area contributed by atoms with E-state index in [9.17, 15) is 18.0 Å². The lowest BCUT2D eigenvalue weighted by Gasteiger charge is -2.33. The van der Waals surface area contributed by atoms with Crippen LogP contribution in [0.3, 0.4) is 0 Å². The van der Waals surface area contributed by atoms with Gasteiger partial charge in [-0.25, -0.2) is 13.2 Å². The molecule has 0 N–H and O–H groups in total. The van der Waals surface area contributed by atoms with E-state index in [2.05, 4.69) is 0 Å². The van der Waals surface area contributed by atoms with Crippen LogP contribution < -0.4 is 5.63 Å². The standard InChI is InChI=1S/C18H16N2O5S2/c21-17-6-3-13-12-14(4-5-15(13)25-17)27(23,24)20-9-7-19(8-10-20)18(22)16-2-1-11-26-16/h1-6,11-12H,7-10H2. The maximum Gasteiger partial charge on any atom is 0.336 e. The molecule has 0 unspecified atom stereocenters. The number of nitrogens with zero attached hydrogens (tertiary/aromatic N) is 2. The van der Waals surface area contributed by atoms with Crippen molar-refractivity contribution in [2.45, 2.75) is 4.90 Å². The number of hydrogen-bond acceptors (Lipinski definition) is 6. The van der Waals surface area contributed by atoms with Crippen LogP contribution in [0, 0.1) is 0 Å². The lowest BCUT2D eigenvalue weighted by molar-refractivity contribution is 0.0703. The lowest BCUT2D eigenvalue weighted by atomic mass is 10.2. The molecule has 0 radical (unpaired) electrons. The highest BCUT2D eigenvalue weighted by Crippen LogP contribution is 2.23. The van der Waals surface area contributed by atoms with Crippen molar-refractivity contribution >= 4 is 38.2 Å². The summed E-state index contributed by atoms with van der Waals surface area (Å²) in [7, 11) is -3.69. The molecule has 1 amide bonds. The molecule has 9 heteroatoms. The van der Waals surface area contributed by atoms with E-state index in [1.165, 1.54) is 46.0 Å². The number of hydrogen-bond donors (Lipinski definition) is 0. The van der Waals surface area contributed by atoms with Gasteiger partial charge in [-0.15, -0.1) is 11.3 Å². The Morgan fingerprint density at radius 3 is 2.52 bits per heavy atom. The largest absolute Gasteiger partial charge is 0.423 e. The molecule has 0 aliphatic carbocycles. The van der Waals surface area contributed by atoms with Crippen LogP contribution in [0.5, 0.6) is 0 Å². The Morgan fingerprint density at radius 2 is 1.81 bits per heavy atom. The maximum atomic E-state index is 12.9. The van der Waals surface area contributed by atoms with E-state index in [1.54, 1.807) is 11.0 Å². The maximum absolute atomic E-state index is 12.9. The first-order valence-electron chi connectivity index (χ1n) is 8.32. The van der Waals surface area contributed by atoms with E-state index in [-0.39, 0.29) is 23.9 Å². The monoisotopic (exact) mass is 404 g/mol. The molecule has 4 rings (SSSR count). The van der Waals surface area contributed by atoms with Crippen LogP contribution in [0.25, 0.3) is 11.0 Å². The Hall–Kier alpha value is -2.49. The lowest BCUT2D eigenvalue weighted by Crippen LogP contribution is -2.50. The fourth-order valence-corrected chi connectivity index (χ4v) is 5.20. The second-order valence-corrected chi connectivity index (χ2v) is 9.01. The highest BCUT2D eigenvalue weighted by Gasteiger charge is 2.30. The van der Waals surface area contributed by atoms with Gasteiger partial charge in [-0.3, -0.25) is 4.79 Å². The number of benzene rings is 1. The van der Waals surface area contributed by atoms with Gasteiger partial charge in [-0.1, -0.05) is 6.07 Å². The van der Waals surface area contributed by atoms with Crippen LogP contribution in [-0.2, 0) is 10.0 Å². The molecule has 140 valence electrons. The van der Waals surface area contributed by atoms with Gasteiger partial charge in [0.25, 0.3) is 5.91 Å². The topological polar surface area (TPSA) is 87.9 Å². The van der Waals surface area contributed by atoms with Gasteiger partial charge >= 0.3 is 5.63 Å². The van der Waals surface area contributed by atoms with Crippen LogP contribution in [0.15, 0.2) is 62.0 Å². The number of amides is 1. The molecule has 1 fully saturated rings. The Balaban J connectivity index is 1.52. The van der Waals surface area contributed by atoms with Gasteiger partial charge in [-0.2, -0.15) is 4.31 Å². The Morgan fingerprint density at radius 1 is 1.04 bits per heavy atom. The molecule has 3 heterocycles. The summed E-state index contributed by atoms with van der Waals surface area (Å²) in [4.78, 5) is 26.1. The SMILES string of the molecule is O=C(c1cccs1)N1CCN(S(=O)(=O)c2ccc3oc(=O)ccc3c2)CC1. The summed E-state index contributed by atoms with van der Waals surface area (Å²) in [6, 6.07) is 10.8. The minimum absolute atomic E-state index is 0.0669. The molecule has 2 aromatic heterocycles. The van der Waals surface area contributed by atoms with Gasteiger partial charge < -0.3 is 9.32 Å². The zero-order valence-corrected chi connectivity index (χ0v) is 15.8. The zero-order chi connectivity index (χ0) is 19.0. The van der Waals surface area contributed by atoms with Crippen LogP contribution in [0.1, 0.15) is 9.67 Å². The third-order valence-electron chi connectivity index (χ3n) is 4.49. The van der Waals surface area contributed by atoms with Crippen LogP contribution in [0.4, 0.5) is 0 Å². The average Bonchev–Trinajstić information content (AvgIpc) is 3.22. The summed E-state index contributed by atoms with van der Waals surface area (Å²) in [6.07, 6.45) is 0. The van der Waals surface area contributed by atoms with Gasteiger partial charge in [0.2, 0.25) is 10.0 Å². The van der Waals surface area contributed by atoms with Crippen molar-refractivity contribution < 1.29 is 17.6 Å². The second-order valence-electron chi connectivity index (χ2n) is 6.13. The number of sulfonamides is 1. The van der Waals surface area contributed by atoms with E-state index in [1.807, 2.05) is 11.4 Å². The summed E-state index contributed by atoms with van der Waals surface area (Å²) in [5, 5.41) is 2.39. The third-order valence-corrected chi connectivity index (χ3v) is 7.24. The third kappa shape index (κ3) is 3.41. The number of piperazine rings is 1. The van der Waals surface area contributed by atoms with Gasteiger partial charge in [0, 0.05) is 37.6 Å². The minimum Gasteiger partial charge on any atom is -0.423 e. The number of carbonyl (C=O) groups excluding carboxylic acids is 1. The predicted octanol–water partition coefficient (Wildman–Crippen LogP) is 2.00. The molecule has 27 heavy (non-hydrogen) atoms. The molecule has 0 saturated carbocycles. The first kappa shape index (κ1) is 17.9. The fraction of sp³-hybridized carbons (Fsp3) is 0.222. The quantitative estimate of drug-likeness (QED) is 0.623. The normalized spacial score (nSPS) is 15.9. The Labute approximate surface area is 159 Å². The van der Waals surface area contributed by atoms with E-state index < -0.39 is 15.6 Å². The summed E-state index contributed by atoms with van der Waals surface area (Å²) in [5.41, 5.74) is -0.141. The summed E-state index contributed by atoms with van der Waals surface area (Å²) in [6.45, 7) is 1.17. The van der Waals surface area contributed by atoms with Crippen LogP contribution in [0.2, 0.25) is 0 Å². The van der Waals surface area contributed by atoms with Crippen molar-refractivity contribution in [1.82, 2.24) is 9.21 Å². The predicted molar refractivity (Wildman–Crippen MR) is 101 cm³/mol. The Kier molecular flexibility index (Phi) is 4.58. The number of carbonyl (C=O) groups is 1. The van der Waals surface area contributed by atoms with E-state index in [0.717, 1.165) is 0 Å². The van der Waals surface area contributed by atoms with Crippen molar-refractivity contribution in [3.8, 4) is 0 Å². The molecule has 1 aliphatic heterocycles. The van der Waals surface area contributed by atoms with Crippen molar-refractivity contribution in [3.63, 3.8) is 0 Å². The van der Waals surface area contributed by atoms with E-state index in [4.69, 9.17) is 4.42 Å². The summed E-state index contributed by atoms with van der Waals surface area (Å²) in [5.74, 6) is -0.0669. The molecule has 0 bridgehead atoms. The van der Waals surface area contributed by atoms with Gasteiger partial charge in [0.05, 0.1) is 9.77 Å². The second kappa shape index (κ2) is 6.91. The van der Waals surface area contributed by atoms with Gasteiger partial charge in [0.15, 0.2) is 0 Å². The first-order chi connectivity index (χ1) is 12.9. The van der Waals surface area contributed by atoms with Crippen LogP contribution in [-0.4, -0.2) is 49.7 Å². The average molecular weight is 404 g/mol. The number of fused-ring (bicyclic) bond motifs is 1. The minimum atomic E-state index is -3.69. The highest BCUT2D eigenvalue weighted by atomic mass is 32.2. The highest BCUT2D eigenvalue weighted by molar-refractivity contribution is 7.89. The molecule has 7 nitrogen and oxygen atoms in total. The van der Waals surface area contributed by atoms with Crippen molar-refractivity contribution in [2.24, 2.45) is 0 Å². The van der Waals surface area contributed by atoms with E-state index >= 15 is 0 Å². The van der Waals surface area contributed by atoms with Gasteiger partial charge in [-0.05, 0) is 35.7 Å².